The van der Waals surface area contributed by atoms with Gasteiger partial charge in [0, 0.05) is 32.9 Å². The van der Waals surface area contributed by atoms with Gasteiger partial charge in [-0.25, -0.2) is 0 Å². The molecule has 0 saturated carbocycles. The van der Waals surface area contributed by atoms with Crippen LogP contribution in [0.15, 0.2) is 47.4 Å². The van der Waals surface area contributed by atoms with E-state index in [1.54, 1.807) is 44.4 Å². The largest absolute Gasteiger partial charge is 0.345 e. The molecule has 1 heterocycles. The lowest BCUT2D eigenvalue weighted by atomic mass is 10.2. The van der Waals surface area contributed by atoms with E-state index in [0.29, 0.717) is 11.1 Å². The first-order valence-corrected chi connectivity index (χ1v) is 6.69. The van der Waals surface area contributed by atoms with Crippen molar-refractivity contribution >= 4 is 17.5 Å². The van der Waals surface area contributed by atoms with E-state index in [0.717, 1.165) is 0 Å². The standard InChI is InChI=1S/C16H17N3O3/c1-18(2)15(21)12-9-13(16(22)19(3)10-12)17-14(20)11-7-5-4-6-8-11/h4-10H,1-3H3,(H,17,20). The van der Waals surface area contributed by atoms with E-state index < -0.39 is 5.91 Å². The molecule has 114 valence electrons. The van der Waals surface area contributed by atoms with Crippen LogP contribution >= 0.6 is 0 Å². The third-order valence-electron chi connectivity index (χ3n) is 3.12. The van der Waals surface area contributed by atoms with Gasteiger partial charge in [-0.1, -0.05) is 18.2 Å². The quantitative estimate of drug-likeness (QED) is 0.929. The topological polar surface area (TPSA) is 71.4 Å². The maximum atomic E-state index is 12.1. The molecule has 1 N–H and O–H groups in total. The minimum Gasteiger partial charge on any atom is -0.345 e. The van der Waals surface area contributed by atoms with Crippen LogP contribution in [0.1, 0.15) is 20.7 Å². The van der Waals surface area contributed by atoms with Crippen molar-refractivity contribution in [2.45, 2.75) is 0 Å². The molecule has 1 aromatic carbocycles. The number of benzene rings is 1. The molecule has 0 spiro atoms. The Labute approximate surface area is 128 Å². The molecule has 6 nitrogen and oxygen atoms in total. The third kappa shape index (κ3) is 3.22. The Morgan fingerprint density at radius 1 is 1.09 bits per heavy atom. The Kier molecular flexibility index (Phi) is 4.41. The number of anilines is 1. The van der Waals surface area contributed by atoms with Crippen molar-refractivity contribution in [1.29, 1.82) is 0 Å². The molecular weight excluding hydrogens is 282 g/mol. The van der Waals surface area contributed by atoms with Crippen LogP contribution in [0.5, 0.6) is 0 Å². The van der Waals surface area contributed by atoms with Crippen molar-refractivity contribution in [3.63, 3.8) is 0 Å². The summed E-state index contributed by atoms with van der Waals surface area (Å²) in [6.07, 6.45) is 1.45. The SMILES string of the molecule is CN(C)C(=O)c1cc(NC(=O)c2ccccc2)c(=O)n(C)c1. The zero-order chi connectivity index (χ0) is 16.3. The van der Waals surface area contributed by atoms with Crippen molar-refractivity contribution < 1.29 is 9.59 Å². The number of hydrogen-bond donors (Lipinski definition) is 1. The van der Waals surface area contributed by atoms with Crippen molar-refractivity contribution in [2.24, 2.45) is 7.05 Å². The molecule has 0 bridgehead atoms. The van der Waals surface area contributed by atoms with Crippen molar-refractivity contribution in [1.82, 2.24) is 9.47 Å². The highest BCUT2D eigenvalue weighted by molar-refractivity contribution is 6.04. The Morgan fingerprint density at radius 2 is 1.73 bits per heavy atom. The Balaban J connectivity index is 2.37. The summed E-state index contributed by atoms with van der Waals surface area (Å²) in [5.41, 5.74) is 0.466. The fraction of sp³-hybridized carbons (Fsp3) is 0.188. The van der Waals surface area contributed by atoms with Gasteiger partial charge in [-0.2, -0.15) is 0 Å². The van der Waals surface area contributed by atoms with Crippen LogP contribution in [0.4, 0.5) is 5.69 Å². The van der Waals surface area contributed by atoms with E-state index in [2.05, 4.69) is 5.32 Å². The number of amides is 2. The molecule has 0 radical (unpaired) electrons. The van der Waals surface area contributed by atoms with Gasteiger partial charge in [-0.05, 0) is 18.2 Å². The smallest absolute Gasteiger partial charge is 0.274 e. The average Bonchev–Trinajstić information content (AvgIpc) is 2.51. The maximum Gasteiger partial charge on any atom is 0.274 e. The van der Waals surface area contributed by atoms with Crippen molar-refractivity contribution in [3.05, 3.63) is 64.1 Å². The minimum absolute atomic E-state index is 0.0732. The van der Waals surface area contributed by atoms with Crippen LogP contribution in [-0.2, 0) is 7.05 Å². The van der Waals surface area contributed by atoms with Gasteiger partial charge in [0.2, 0.25) is 0 Å². The minimum atomic E-state index is -0.396. The fourth-order valence-electron chi connectivity index (χ4n) is 1.96. The van der Waals surface area contributed by atoms with Gasteiger partial charge in [0.15, 0.2) is 0 Å². The summed E-state index contributed by atoms with van der Waals surface area (Å²) >= 11 is 0. The Hall–Kier alpha value is -2.89. The van der Waals surface area contributed by atoms with Gasteiger partial charge in [0.25, 0.3) is 17.4 Å². The predicted molar refractivity (Wildman–Crippen MR) is 84.1 cm³/mol. The predicted octanol–water partition coefficient (Wildman–Crippen LogP) is 1.34. The van der Waals surface area contributed by atoms with Crippen molar-refractivity contribution in [3.8, 4) is 0 Å². The number of hydrogen-bond acceptors (Lipinski definition) is 3. The zero-order valence-electron chi connectivity index (χ0n) is 12.7. The summed E-state index contributed by atoms with van der Waals surface area (Å²) in [7, 11) is 4.78. The van der Waals surface area contributed by atoms with E-state index >= 15 is 0 Å². The van der Waals surface area contributed by atoms with E-state index in [1.807, 2.05) is 0 Å². The molecule has 0 atom stereocenters. The first-order valence-electron chi connectivity index (χ1n) is 6.69. The summed E-state index contributed by atoms with van der Waals surface area (Å²) in [6.45, 7) is 0. The van der Waals surface area contributed by atoms with E-state index in [-0.39, 0.29) is 17.2 Å². The van der Waals surface area contributed by atoms with E-state index in [4.69, 9.17) is 0 Å². The molecule has 0 saturated heterocycles. The van der Waals surface area contributed by atoms with Gasteiger partial charge >= 0.3 is 0 Å². The van der Waals surface area contributed by atoms with E-state index in [1.165, 1.54) is 28.8 Å². The van der Waals surface area contributed by atoms with Gasteiger partial charge in [0.1, 0.15) is 5.69 Å². The lowest BCUT2D eigenvalue weighted by molar-refractivity contribution is 0.0826. The fourth-order valence-corrected chi connectivity index (χ4v) is 1.96. The molecule has 0 unspecified atom stereocenters. The molecule has 0 aliphatic heterocycles. The second kappa shape index (κ2) is 6.26. The highest BCUT2D eigenvalue weighted by atomic mass is 16.2. The summed E-state index contributed by atoms with van der Waals surface area (Å²) in [6, 6.07) is 9.96. The summed E-state index contributed by atoms with van der Waals surface area (Å²) in [5.74, 6) is -0.641. The number of carbonyl (C=O) groups is 2. The molecule has 0 aliphatic carbocycles. The molecule has 2 rings (SSSR count). The maximum absolute atomic E-state index is 12.1. The van der Waals surface area contributed by atoms with Crippen LogP contribution in [0, 0.1) is 0 Å². The number of carbonyl (C=O) groups excluding carboxylic acids is 2. The lowest BCUT2D eigenvalue weighted by Crippen LogP contribution is -2.28. The Morgan fingerprint density at radius 3 is 2.32 bits per heavy atom. The number of aryl methyl sites for hydroxylation is 1. The van der Waals surface area contributed by atoms with Crippen LogP contribution < -0.4 is 10.9 Å². The van der Waals surface area contributed by atoms with Crippen LogP contribution in [0.2, 0.25) is 0 Å². The second-order valence-corrected chi connectivity index (χ2v) is 5.08. The van der Waals surface area contributed by atoms with Gasteiger partial charge in [-0.3, -0.25) is 14.4 Å². The zero-order valence-corrected chi connectivity index (χ0v) is 12.7. The number of nitrogens with zero attached hydrogens (tertiary/aromatic N) is 2. The summed E-state index contributed by atoms with van der Waals surface area (Å²) in [5, 5.41) is 2.56. The molecule has 2 amide bonds. The highest BCUT2D eigenvalue weighted by Crippen LogP contribution is 2.09. The normalized spacial score (nSPS) is 10.1. The molecule has 2 aromatic rings. The number of nitrogens with one attached hydrogen (secondary N) is 1. The van der Waals surface area contributed by atoms with Crippen molar-refractivity contribution in [2.75, 3.05) is 19.4 Å². The summed E-state index contributed by atoms with van der Waals surface area (Å²) in [4.78, 5) is 37.7. The Bertz CT molecular complexity index is 764. The number of rotatable bonds is 3. The lowest BCUT2D eigenvalue weighted by Gasteiger charge is -2.13. The van der Waals surface area contributed by atoms with Crippen LogP contribution in [0.25, 0.3) is 0 Å². The number of pyridine rings is 1. The number of aromatic nitrogens is 1. The first-order chi connectivity index (χ1) is 10.4. The third-order valence-corrected chi connectivity index (χ3v) is 3.12. The van der Waals surface area contributed by atoms with Crippen LogP contribution in [0.3, 0.4) is 0 Å². The van der Waals surface area contributed by atoms with Gasteiger partial charge < -0.3 is 14.8 Å². The molecule has 22 heavy (non-hydrogen) atoms. The average molecular weight is 299 g/mol. The van der Waals surface area contributed by atoms with Gasteiger partial charge in [-0.15, -0.1) is 0 Å². The molecule has 0 fully saturated rings. The summed E-state index contributed by atoms with van der Waals surface area (Å²) < 4.78 is 1.28. The first kappa shape index (κ1) is 15.5. The second-order valence-electron chi connectivity index (χ2n) is 5.08. The molecule has 0 aliphatic rings. The molecular formula is C16H17N3O3. The van der Waals surface area contributed by atoms with E-state index in [9.17, 15) is 14.4 Å². The molecule has 6 heteroatoms. The monoisotopic (exact) mass is 299 g/mol. The van der Waals surface area contributed by atoms with Gasteiger partial charge in [0.05, 0.1) is 5.56 Å². The highest BCUT2D eigenvalue weighted by Gasteiger charge is 2.14. The molecule has 1 aromatic heterocycles. The van der Waals surface area contributed by atoms with Crippen LogP contribution in [-0.4, -0.2) is 35.4 Å².